The van der Waals surface area contributed by atoms with E-state index in [4.69, 9.17) is 4.74 Å². The summed E-state index contributed by atoms with van der Waals surface area (Å²) in [5.41, 5.74) is -0.369. The molecule has 2 aromatic carbocycles. The summed E-state index contributed by atoms with van der Waals surface area (Å²) < 4.78 is 94.6. The summed E-state index contributed by atoms with van der Waals surface area (Å²) in [4.78, 5) is 16.6. The molecular weight excluding hydrogens is 579 g/mol. The van der Waals surface area contributed by atoms with Gasteiger partial charge in [-0.05, 0) is 100 Å². The van der Waals surface area contributed by atoms with Gasteiger partial charge in [-0.1, -0.05) is 6.07 Å². The largest absolute Gasteiger partial charge is 0.416 e. The summed E-state index contributed by atoms with van der Waals surface area (Å²) >= 11 is 0. The van der Waals surface area contributed by atoms with Gasteiger partial charge in [-0.3, -0.25) is 14.6 Å². The number of piperidine rings is 1. The number of rotatable bonds is 7. The zero-order chi connectivity index (χ0) is 32.2. The molecule has 2 heterocycles. The third-order valence-corrected chi connectivity index (χ3v) is 8.80. The first-order chi connectivity index (χ1) is 20.0. The fourth-order valence-electron chi connectivity index (χ4n) is 6.12. The molecule has 2 fully saturated rings. The Balaban J connectivity index is 0.000000238. The molecule has 43 heavy (non-hydrogen) atoms. The fraction of sp³-hybridized carbons (Fsp3) is 0.581. The Kier molecular flexibility index (Phi) is 11.3. The molecule has 0 N–H and O–H groups in total. The number of ether oxygens (including phenoxy) is 1. The van der Waals surface area contributed by atoms with E-state index in [1.165, 1.54) is 45.3 Å². The van der Waals surface area contributed by atoms with Crippen molar-refractivity contribution in [1.82, 2.24) is 14.7 Å². The maximum atomic E-state index is 13.5. The van der Waals surface area contributed by atoms with E-state index in [1.807, 2.05) is 13.0 Å². The van der Waals surface area contributed by atoms with Crippen LogP contribution in [0.25, 0.3) is 0 Å². The highest BCUT2D eigenvalue weighted by Gasteiger charge is 2.46. The molecule has 1 amide bonds. The highest BCUT2D eigenvalue weighted by Crippen LogP contribution is 2.45. The van der Waals surface area contributed by atoms with Crippen LogP contribution in [0.2, 0.25) is 0 Å². The van der Waals surface area contributed by atoms with Gasteiger partial charge in [0, 0.05) is 38.8 Å². The van der Waals surface area contributed by atoms with Crippen molar-refractivity contribution in [2.45, 2.75) is 69.5 Å². The number of halogens is 7. The molecule has 0 saturated carbocycles. The second-order valence-corrected chi connectivity index (χ2v) is 11.5. The van der Waals surface area contributed by atoms with Crippen LogP contribution in [0.3, 0.4) is 0 Å². The van der Waals surface area contributed by atoms with Crippen LogP contribution in [0.5, 0.6) is 0 Å². The molecule has 1 spiro atoms. The van der Waals surface area contributed by atoms with E-state index in [0.29, 0.717) is 30.1 Å². The minimum atomic E-state index is -4.89. The third-order valence-electron chi connectivity index (χ3n) is 8.80. The van der Waals surface area contributed by atoms with Crippen LogP contribution in [-0.4, -0.2) is 74.1 Å². The van der Waals surface area contributed by atoms with Gasteiger partial charge < -0.3 is 9.64 Å². The highest BCUT2D eigenvalue weighted by molar-refractivity contribution is 5.48. The lowest BCUT2D eigenvalue weighted by Gasteiger charge is -2.48. The van der Waals surface area contributed by atoms with Crippen LogP contribution in [0, 0.1) is 12.7 Å². The van der Waals surface area contributed by atoms with E-state index in [0.717, 1.165) is 36.6 Å². The minimum Gasteiger partial charge on any atom is -0.383 e. The molecule has 0 aromatic heterocycles. The SMILES string of the molecule is CC(c1cc(C(F)(F)F)cc(C(F)(F)F)c1)N(C)C=O.COCCN1CCCC12CCN(C)C(c1ccc(F)cc1C)C2. The Hall–Kier alpha value is -2.70. The predicted molar refractivity (Wildman–Crippen MR) is 150 cm³/mol. The van der Waals surface area contributed by atoms with Crippen molar-refractivity contribution < 1.29 is 40.3 Å². The molecule has 0 aliphatic carbocycles. The first-order valence-electron chi connectivity index (χ1n) is 14.2. The van der Waals surface area contributed by atoms with Gasteiger partial charge in [0.25, 0.3) is 0 Å². The summed E-state index contributed by atoms with van der Waals surface area (Å²) in [6.07, 6.45) is -4.53. The topological polar surface area (TPSA) is 36.0 Å². The molecular formula is C31H40F7N3O2. The van der Waals surface area contributed by atoms with Gasteiger partial charge in [0.2, 0.25) is 6.41 Å². The minimum absolute atomic E-state index is 0.0527. The number of amides is 1. The van der Waals surface area contributed by atoms with Crippen molar-refractivity contribution in [2.75, 3.05) is 47.4 Å². The van der Waals surface area contributed by atoms with Crippen molar-refractivity contribution in [1.29, 1.82) is 0 Å². The smallest absolute Gasteiger partial charge is 0.383 e. The highest BCUT2D eigenvalue weighted by atomic mass is 19.4. The number of aryl methyl sites for hydroxylation is 1. The number of hydrogen-bond acceptors (Lipinski definition) is 4. The number of benzene rings is 2. The van der Waals surface area contributed by atoms with Gasteiger partial charge in [-0.15, -0.1) is 0 Å². The number of carbonyl (C=O) groups excluding carboxylic acids is 1. The van der Waals surface area contributed by atoms with Crippen LogP contribution >= 0.6 is 0 Å². The summed E-state index contributed by atoms with van der Waals surface area (Å²) in [6.45, 7) is 7.48. The molecule has 3 atom stereocenters. The zero-order valence-corrected chi connectivity index (χ0v) is 25.2. The average Bonchev–Trinajstić information content (AvgIpc) is 3.33. The second kappa shape index (κ2) is 13.9. The third kappa shape index (κ3) is 8.48. The van der Waals surface area contributed by atoms with Crippen molar-refractivity contribution in [3.63, 3.8) is 0 Å². The Morgan fingerprint density at radius 1 is 1.05 bits per heavy atom. The van der Waals surface area contributed by atoms with Crippen molar-refractivity contribution in [3.8, 4) is 0 Å². The lowest BCUT2D eigenvalue weighted by Crippen LogP contribution is -2.53. The molecule has 12 heteroatoms. The monoisotopic (exact) mass is 619 g/mol. The Bertz CT molecular complexity index is 1200. The first kappa shape index (κ1) is 34.8. The number of carbonyl (C=O) groups is 1. The molecule has 2 saturated heterocycles. The van der Waals surface area contributed by atoms with Gasteiger partial charge in [0.15, 0.2) is 0 Å². The Morgan fingerprint density at radius 2 is 1.67 bits per heavy atom. The zero-order valence-electron chi connectivity index (χ0n) is 25.2. The van der Waals surface area contributed by atoms with Crippen molar-refractivity contribution in [3.05, 3.63) is 70.0 Å². The van der Waals surface area contributed by atoms with Crippen molar-refractivity contribution in [2.24, 2.45) is 0 Å². The standard InChI is InChI=1S/C19H29FN2O.C12H11F6NO/c1-15-13-16(20)5-6-17(15)18-14-19(8-10-21(18)2)7-4-9-22(19)11-12-23-3;1-7(19(2)6-20)8-3-9(11(13,14)15)5-10(4-8)12(16,17)18/h5-6,13,18H,4,7-12,14H2,1-3H3;3-7H,1-2H3. The number of methoxy groups -OCH3 is 1. The number of hydrogen-bond donors (Lipinski definition) is 0. The Morgan fingerprint density at radius 3 is 2.21 bits per heavy atom. The molecule has 0 radical (unpaired) electrons. The lowest BCUT2D eigenvalue weighted by atomic mass is 9.78. The van der Waals surface area contributed by atoms with E-state index in [-0.39, 0.29) is 17.4 Å². The summed E-state index contributed by atoms with van der Waals surface area (Å²) in [5, 5.41) is 0. The molecule has 5 nitrogen and oxygen atoms in total. The fourth-order valence-corrected chi connectivity index (χ4v) is 6.12. The quantitative estimate of drug-likeness (QED) is 0.242. The van der Waals surface area contributed by atoms with E-state index >= 15 is 0 Å². The number of alkyl halides is 6. The normalized spacial score (nSPS) is 22.3. The van der Waals surface area contributed by atoms with E-state index in [1.54, 1.807) is 19.2 Å². The van der Waals surface area contributed by atoms with Crippen LogP contribution in [0.15, 0.2) is 36.4 Å². The number of likely N-dealkylation sites (tertiary alicyclic amines) is 2. The van der Waals surface area contributed by atoms with Crippen LogP contribution in [0.1, 0.15) is 72.5 Å². The number of nitrogens with zero attached hydrogens (tertiary/aromatic N) is 3. The molecule has 2 aliphatic rings. The Labute approximate surface area is 248 Å². The van der Waals surface area contributed by atoms with Crippen LogP contribution in [0.4, 0.5) is 30.7 Å². The van der Waals surface area contributed by atoms with Gasteiger partial charge in [0.05, 0.1) is 23.8 Å². The molecule has 3 unspecified atom stereocenters. The first-order valence-corrected chi connectivity index (χ1v) is 14.2. The molecule has 2 aromatic rings. The molecule has 240 valence electrons. The lowest BCUT2D eigenvalue weighted by molar-refractivity contribution is -0.143. The maximum Gasteiger partial charge on any atom is 0.416 e. The maximum absolute atomic E-state index is 13.5. The van der Waals surface area contributed by atoms with Gasteiger partial charge in [-0.2, -0.15) is 26.3 Å². The molecule has 0 bridgehead atoms. The molecule has 2 aliphatic heterocycles. The van der Waals surface area contributed by atoms with E-state index < -0.39 is 29.5 Å². The molecule has 4 rings (SSSR count). The van der Waals surface area contributed by atoms with Gasteiger partial charge in [-0.25, -0.2) is 4.39 Å². The van der Waals surface area contributed by atoms with Gasteiger partial charge >= 0.3 is 12.4 Å². The summed E-state index contributed by atoms with van der Waals surface area (Å²) in [5.74, 6) is -0.137. The summed E-state index contributed by atoms with van der Waals surface area (Å²) in [6, 6.07) is 6.01. The van der Waals surface area contributed by atoms with E-state index in [2.05, 4.69) is 16.8 Å². The van der Waals surface area contributed by atoms with Crippen LogP contribution in [-0.2, 0) is 21.9 Å². The summed E-state index contributed by atoms with van der Waals surface area (Å²) in [7, 11) is 5.25. The van der Waals surface area contributed by atoms with Crippen LogP contribution < -0.4 is 0 Å². The van der Waals surface area contributed by atoms with Gasteiger partial charge in [0.1, 0.15) is 5.82 Å². The van der Waals surface area contributed by atoms with E-state index in [9.17, 15) is 35.5 Å². The average molecular weight is 620 g/mol. The predicted octanol–water partition coefficient (Wildman–Crippen LogP) is 7.26. The van der Waals surface area contributed by atoms with Crippen molar-refractivity contribution >= 4 is 6.41 Å². The second-order valence-electron chi connectivity index (χ2n) is 11.5.